The van der Waals surface area contributed by atoms with Crippen LogP contribution in [0, 0.1) is 0 Å². The van der Waals surface area contributed by atoms with E-state index >= 15 is 0 Å². The highest BCUT2D eigenvalue weighted by Crippen LogP contribution is 2.27. The summed E-state index contributed by atoms with van der Waals surface area (Å²) in [5.74, 6) is 0.817. The van der Waals surface area contributed by atoms with Crippen molar-refractivity contribution >= 4 is 10.9 Å². The molecule has 0 aliphatic rings. The predicted molar refractivity (Wildman–Crippen MR) is 118 cm³/mol. The molecule has 2 heterocycles. The Hall–Kier alpha value is -3.24. The normalized spacial score (nSPS) is 10.9. The van der Waals surface area contributed by atoms with Gasteiger partial charge in [0.05, 0.1) is 18.3 Å². The van der Waals surface area contributed by atoms with Gasteiger partial charge in [0.15, 0.2) is 0 Å². The molecule has 0 aliphatic heterocycles. The van der Waals surface area contributed by atoms with E-state index < -0.39 is 0 Å². The lowest BCUT2D eigenvalue weighted by atomic mass is 10.0. The molecule has 4 aromatic rings. The fraction of sp³-hybridized carbons (Fsp3) is 0.200. The number of aromatic nitrogens is 2. The summed E-state index contributed by atoms with van der Waals surface area (Å²) in [6, 6.07) is 22.9. The fourth-order valence-electron chi connectivity index (χ4n) is 3.50. The second kappa shape index (κ2) is 9.30. The van der Waals surface area contributed by atoms with Crippen LogP contribution in [0.4, 0.5) is 0 Å². The molecule has 0 amide bonds. The van der Waals surface area contributed by atoms with Gasteiger partial charge in [-0.25, -0.2) is 4.98 Å². The molecule has 4 nitrogen and oxygen atoms in total. The van der Waals surface area contributed by atoms with Gasteiger partial charge in [-0.3, -0.25) is 4.98 Å². The Morgan fingerprint density at radius 2 is 1.76 bits per heavy atom. The number of nitrogens with one attached hydrogen (secondary N) is 1. The zero-order valence-electron chi connectivity index (χ0n) is 16.6. The van der Waals surface area contributed by atoms with Gasteiger partial charge in [-0.1, -0.05) is 30.3 Å². The van der Waals surface area contributed by atoms with Gasteiger partial charge in [-0.15, -0.1) is 0 Å². The Balaban J connectivity index is 1.52. The second-order valence-corrected chi connectivity index (χ2v) is 7.06. The minimum Gasteiger partial charge on any atom is -0.497 e. The van der Waals surface area contributed by atoms with Crippen molar-refractivity contribution in [1.29, 1.82) is 0 Å². The first kappa shape index (κ1) is 19.1. The number of nitrogens with zero attached hydrogens (tertiary/aromatic N) is 2. The average Bonchev–Trinajstić information content (AvgIpc) is 2.79. The number of rotatable bonds is 8. The molecule has 2 aromatic carbocycles. The quantitative estimate of drug-likeness (QED) is 0.434. The van der Waals surface area contributed by atoms with Crippen LogP contribution < -0.4 is 10.1 Å². The number of hydrogen-bond donors (Lipinski definition) is 1. The number of aryl methyl sites for hydroxylation is 1. The maximum absolute atomic E-state index is 5.36. The van der Waals surface area contributed by atoms with E-state index in [1.54, 1.807) is 7.11 Å². The van der Waals surface area contributed by atoms with Crippen LogP contribution >= 0.6 is 0 Å². The summed E-state index contributed by atoms with van der Waals surface area (Å²) < 4.78 is 5.36. The van der Waals surface area contributed by atoms with E-state index in [0.29, 0.717) is 0 Å². The number of ether oxygens (including phenoxy) is 1. The SMILES string of the molecule is COc1ccc2cc(CNCCCc3ccccc3)c(-c3ccncc3)nc2c1. The molecule has 0 saturated carbocycles. The van der Waals surface area contributed by atoms with Crippen LogP contribution in [0.15, 0.2) is 79.1 Å². The van der Waals surface area contributed by atoms with E-state index in [9.17, 15) is 0 Å². The molecule has 0 unspecified atom stereocenters. The third-order valence-electron chi connectivity index (χ3n) is 5.03. The van der Waals surface area contributed by atoms with Gasteiger partial charge in [0.25, 0.3) is 0 Å². The Kier molecular flexibility index (Phi) is 6.13. The van der Waals surface area contributed by atoms with Crippen molar-refractivity contribution in [2.45, 2.75) is 19.4 Å². The van der Waals surface area contributed by atoms with Crippen molar-refractivity contribution in [2.75, 3.05) is 13.7 Å². The summed E-state index contributed by atoms with van der Waals surface area (Å²) in [7, 11) is 1.68. The molecule has 29 heavy (non-hydrogen) atoms. The molecule has 0 bridgehead atoms. The first-order chi connectivity index (χ1) is 14.3. The summed E-state index contributed by atoms with van der Waals surface area (Å²) in [4.78, 5) is 9.09. The molecule has 146 valence electrons. The van der Waals surface area contributed by atoms with Crippen LogP contribution in [-0.4, -0.2) is 23.6 Å². The number of methoxy groups -OCH3 is 1. The zero-order valence-corrected chi connectivity index (χ0v) is 16.6. The summed E-state index contributed by atoms with van der Waals surface area (Å²) in [5, 5.41) is 4.70. The lowest BCUT2D eigenvalue weighted by molar-refractivity contribution is 0.415. The highest BCUT2D eigenvalue weighted by atomic mass is 16.5. The maximum atomic E-state index is 5.36. The molecule has 0 fully saturated rings. The van der Waals surface area contributed by atoms with E-state index in [0.717, 1.165) is 53.8 Å². The third kappa shape index (κ3) is 4.79. The largest absolute Gasteiger partial charge is 0.497 e. The Morgan fingerprint density at radius 1 is 0.931 bits per heavy atom. The van der Waals surface area contributed by atoms with Crippen molar-refractivity contribution in [2.24, 2.45) is 0 Å². The molecule has 2 aromatic heterocycles. The van der Waals surface area contributed by atoms with E-state index in [-0.39, 0.29) is 0 Å². The van der Waals surface area contributed by atoms with E-state index in [4.69, 9.17) is 9.72 Å². The Labute approximate surface area is 171 Å². The topological polar surface area (TPSA) is 47.0 Å². The van der Waals surface area contributed by atoms with Crippen molar-refractivity contribution in [3.05, 3.63) is 90.3 Å². The minimum atomic E-state index is 0.779. The number of benzene rings is 2. The molecular weight excluding hydrogens is 358 g/mol. The number of hydrogen-bond acceptors (Lipinski definition) is 4. The van der Waals surface area contributed by atoms with Crippen molar-refractivity contribution in [1.82, 2.24) is 15.3 Å². The Bertz CT molecular complexity index is 1070. The van der Waals surface area contributed by atoms with Crippen LogP contribution in [0.2, 0.25) is 0 Å². The van der Waals surface area contributed by atoms with Gasteiger partial charge in [0, 0.05) is 36.0 Å². The average molecular weight is 383 g/mol. The first-order valence-electron chi connectivity index (χ1n) is 9.96. The molecule has 0 saturated heterocycles. The number of pyridine rings is 2. The monoisotopic (exact) mass is 383 g/mol. The highest BCUT2D eigenvalue weighted by molar-refractivity contribution is 5.84. The lowest BCUT2D eigenvalue weighted by Gasteiger charge is -2.13. The summed E-state index contributed by atoms with van der Waals surface area (Å²) in [6.45, 7) is 1.74. The predicted octanol–water partition coefficient (Wildman–Crippen LogP) is 5.03. The zero-order chi connectivity index (χ0) is 19.9. The van der Waals surface area contributed by atoms with Gasteiger partial charge in [-0.05, 0) is 60.8 Å². The smallest absolute Gasteiger partial charge is 0.121 e. The molecule has 0 aliphatic carbocycles. The van der Waals surface area contributed by atoms with Crippen molar-refractivity contribution in [3.8, 4) is 17.0 Å². The van der Waals surface area contributed by atoms with Crippen molar-refractivity contribution < 1.29 is 4.74 Å². The summed E-state index contributed by atoms with van der Waals surface area (Å²) in [5.41, 5.74) is 5.57. The molecule has 4 rings (SSSR count). The van der Waals surface area contributed by atoms with Crippen molar-refractivity contribution in [3.63, 3.8) is 0 Å². The van der Waals surface area contributed by atoms with E-state index in [1.807, 2.05) is 36.7 Å². The van der Waals surface area contributed by atoms with Gasteiger partial charge >= 0.3 is 0 Å². The molecule has 0 atom stereocenters. The first-order valence-corrected chi connectivity index (χ1v) is 9.96. The molecule has 1 N–H and O–H groups in total. The number of fused-ring (bicyclic) bond motifs is 1. The molecule has 0 spiro atoms. The second-order valence-electron chi connectivity index (χ2n) is 7.06. The van der Waals surface area contributed by atoms with Gasteiger partial charge in [-0.2, -0.15) is 0 Å². The van der Waals surface area contributed by atoms with Crippen LogP contribution in [0.3, 0.4) is 0 Å². The Morgan fingerprint density at radius 3 is 2.55 bits per heavy atom. The van der Waals surface area contributed by atoms with Gasteiger partial charge in [0.1, 0.15) is 5.75 Å². The molecule has 0 radical (unpaired) electrons. The van der Waals surface area contributed by atoms with Gasteiger partial charge < -0.3 is 10.1 Å². The van der Waals surface area contributed by atoms with Crippen LogP contribution in [0.5, 0.6) is 5.75 Å². The summed E-state index contributed by atoms with van der Waals surface area (Å²) >= 11 is 0. The van der Waals surface area contributed by atoms with Crippen LogP contribution in [0.1, 0.15) is 17.5 Å². The summed E-state index contributed by atoms with van der Waals surface area (Å²) in [6.07, 6.45) is 5.81. The van der Waals surface area contributed by atoms with E-state index in [1.165, 1.54) is 11.1 Å². The lowest BCUT2D eigenvalue weighted by Crippen LogP contribution is -2.16. The fourth-order valence-corrected chi connectivity index (χ4v) is 3.50. The van der Waals surface area contributed by atoms with E-state index in [2.05, 4.69) is 52.8 Å². The standard InChI is InChI=1S/C25H25N3O/c1-29-23-10-9-21-16-22(18-27-13-5-8-19-6-3-2-4-7-19)25(28-24(21)17-23)20-11-14-26-15-12-20/h2-4,6-7,9-12,14-17,27H,5,8,13,18H2,1H3. The maximum Gasteiger partial charge on any atom is 0.121 e. The molecular formula is C25H25N3O. The van der Waals surface area contributed by atoms with Crippen LogP contribution in [0.25, 0.3) is 22.2 Å². The molecule has 4 heteroatoms. The van der Waals surface area contributed by atoms with Crippen LogP contribution in [-0.2, 0) is 13.0 Å². The highest BCUT2D eigenvalue weighted by Gasteiger charge is 2.10. The van der Waals surface area contributed by atoms with Gasteiger partial charge in [0.2, 0.25) is 0 Å². The third-order valence-corrected chi connectivity index (χ3v) is 5.03. The minimum absolute atomic E-state index is 0.779.